The molecule has 0 saturated heterocycles. The maximum absolute atomic E-state index is 11.7. The lowest BCUT2D eigenvalue weighted by atomic mass is 10.0. The summed E-state index contributed by atoms with van der Waals surface area (Å²) >= 11 is 0. The van der Waals surface area contributed by atoms with Crippen LogP contribution in [0.1, 0.15) is 19.4 Å². The molecule has 4 nitrogen and oxygen atoms in total. The van der Waals surface area contributed by atoms with E-state index in [0.29, 0.717) is 12.1 Å². The molecule has 17 heavy (non-hydrogen) atoms. The second-order valence-corrected chi connectivity index (χ2v) is 4.52. The van der Waals surface area contributed by atoms with Gasteiger partial charge >= 0.3 is 0 Å². The molecule has 0 aliphatic heterocycles. The van der Waals surface area contributed by atoms with Gasteiger partial charge in [0.2, 0.25) is 5.91 Å². The number of hydrogen-bond acceptors (Lipinski definition) is 3. The first-order valence-corrected chi connectivity index (χ1v) is 5.77. The first kappa shape index (κ1) is 13.5. The SMILES string of the molecule is CC(C)[C@@H](CO)NC(=O)Cc1ccc(N)cc1. The molecule has 1 aromatic carbocycles. The van der Waals surface area contributed by atoms with Crippen molar-refractivity contribution in [3.63, 3.8) is 0 Å². The van der Waals surface area contributed by atoms with Crippen LogP contribution in [0.25, 0.3) is 0 Å². The van der Waals surface area contributed by atoms with Gasteiger partial charge in [0.1, 0.15) is 0 Å². The van der Waals surface area contributed by atoms with Crippen molar-refractivity contribution in [1.82, 2.24) is 5.32 Å². The standard InChI is InChI=1S/C13H20N2O2/c1-9(2)12(8-16)15-13(17)7-10-3-5-11(14)6-4-10/h3-6,9,12,16H,7-8,14H2,1-2H3,(H,15,17)/t12-/m1/s1. The molecule has 1 aromatic rings. The largest absolute Gasteiger partial charge is 0.399 e. The highest BCUT2D eigenvalue weighted by Gasteiger charge is 2.14. The number of rotatable bonds is 5. The Labute approximate surface area is 102 Å². The fourth-order valence-electron chi connectivity index (χ4n) is 1.50. The molecule has 0 saturated carbocycles. The lowest BCUT2D eigenvalue weighted by Gasteiger charge is -2.19. The van der Waals surface area contributed by atoms with E-state index in [0.717, 1.165) is 5.56 Å². The van der Waals surface area contributed by atoms with Crippen molar-refractivity contribution in [1.29, 1.82) is 0 Å². The molecule has 1 atom stereocenters. The summed E-state index contributed by atoms with van der Waals surface area (Å²) in [5.74, 6) is 0.137. The number of carbonyl (C=O) groups excluding carboxylic acids is 1. The zero-order valence-electron chi connectivity index (χ0n) is 10.3. The molecule has 0 aliphatic carbocycles. The maximum atomic E-state index is 11.7. The van der Waals surface area contributed by atoms with Gasteiger partial charge in [0.05, 0.1) is 19.1 Å². The van der Waals surface area contributed by atoms with Crippen LogP contribution in [-0.4, -0.2) is 23.7 Å². The number of aliphatic hydroxyl groups excluding tert-OH is 1. The summed E-state index contributed by atoms with van der Waals surface area (Å²) in [5, 5.41) is 11.9. The molecule has 0 unspecified atom stereocenters. The van der Waals surface area contributed by atoms with E-state index in [2.05, 4.69) is 5.32 Å². The molecule has 0 aliphatic rings. The van der Waals surface area contributed by atoms with E-state index < -0.39 is 0 Å². The van der Waals surface area contributed by atoms with Crippen LogP contribution < -0.4 is 11.1 Å². The predicted octanol–water partition coefficient (Wildman–Crippen LogP) is 0.944. The summed E-state index contributed by atoms with van der Waals surface area (Å²) in [4.78, 5) is 11.7. The van der Waals surface area contributed by atoms with Gasteiger partial charge < -0.3 is 16.2 Å². The van der Waals surface area contributed by atoms with E-state index in [-0.39, 0.29) is 24.5 Å². The number of hydrogen-bond donors (Lipinski definition) is 3. The van der Waals surface area contributed by atoms with Gasteiger partial charge in [-0.15, -0.1) is 0 Å². The number of nitrogens with one attached hydrogen (secondary N) is 1. The number of anilines is 1. The molecule has 94 valence electrons. The zero-order valence-corrected chi connectivity index (χ0v) is 10.3. The third kappa shape index (κ3) is 4.44. The fourth-order valence-corrected chi connectivity index (χ4v) is 1.50. The van der Waals surface area contributed by atoms with E-state index >= 15 is 0 Å². The van der Waals surface area contributed by atoms with Gasteiger partial charge in [-0.3, -0.25) is 4.79 Å². The first-order chi connectivity index (χ1) is 8.02. The second kappa shape index (κ2) is 6.25. The van der Waals surface area contributed by atoms with Crippen LogP contribution in [0.4, 0.5) is 5.69 Å². The van der Waals surface area contributed by atoms with Gasteiger partial charge in [-0.1, -0.05) is 26.0 Å². The normalized spacial score (nSPS) is 12.5. The van der Waals surface area contributed by atoms with Crippen LogP contribution in [0.5, 0.6) is 0 Å². The molecule has 0 radical (unpaired) electrons. The highest BCUT2D eigenvalue weighted by atomic mass is 16.3. The lowest BCUT2D eigenvalue weighted by Crippen LogP contribution is -2.41. The molecule has 4 N–H and O–H groups in total. The van der Waals surface area contributed by atoms with Crippen LogP contribution in [0, 0.1) is 5.92 Å². The molecule has 1 rings (SSSR count). The van der Waals surface area contributed by atoms with Crippen molar-refractivity contribution < 1.29 is 9.90 Å². The van der Waals surface area contributed by atoms with Gasteiger partial charge in [-0.05, 0) is 23.6 Å². The zero-order chi connectivity index (χ0) is 12.8. The molecule has 1 amide bonds. The van der Waals surface area contributed by atoms with Crippen molar-refractivity contribution in [3.05, 3.63) is 29.8 Å². The van der Waals surface area contributed by atoms with E-state index in [9.17, 15) is 4.79 Å². The van der Waals surface area contributed by atoms with Gasteiger partial charge in [0.15, 0.2) is 0 Å². The van der Waals surface area contributed by atoms with Gasteiger partial charge in [-0.2, -0.15) is 0 Å². The average Bonchev–Trinajstić information content (AvgIpc) is 2.28. The minimum absolute atomic E-state index is 0.0366. The van der Waals surface area contributed by atoms with Crippen LogP contribution in [0.3, 0.4) is 0 Å². The minimum Gasteiger partial charge on any atom is -0.399 e. The molecule has 0 spiro atoms. The quantitative estimate of drug-likeness (QED) is 0.666. The Kier molecular flexibility index (Phi) is 4.97. The molecule has 4 heteroatoms. The smallest absolute Gasteiger partial charge is 0.224 e. The number of nitrogen functional groups attached to an aromatic ring is 1. The van der Waals surface area contributed by atoms with Gasteiger partial charge in [0.25, 0.3) is 0 Å². The summed E-state index contributed by atoms with van der Waals surface area (Å²) in [6.45, 7) is 3.89. The van der Waals surface area contributed by atoms with Crippen LogP contribution in [0.15, 0.2) is 24.3 Å². The Morgan fingerprint density at radius 3 is 2.41 bits per heavy atom. The summed E-state index contributed by atoms with van der Waals surface area (Å²) in [6, 6.07) is 7.02. The maximum Gasteiger partial charge on any atom is 0.224 e. The molecular weight excluding hydrogens is 216 g/mol. The highest BCUT2D eigenvalue weighted by Crippen LogP contribution is 2.07. The Balaban J connectivity index is 2.52. The fraction of sp³-hybridized carbons (Fsp3) is 0.462. The number of benzene rings is 1. The first-order valence-electron chi connectivity index (χ1n) is 5.77. The van der Waals surface area contributed by atoms with Crippen molar-refractivity contribution in [3.8, 4) is 0 Å². The van der Waals surface area contributed by atoms with Crippen molar-refractivity contribution in [2.45, 2.75) is 26.3 Å². The number of amides is 1. The Bertz CT molecular complexity index is 360. The number of aliphatic hydroxyl groups is 1. The highest BCUT2D eigenvalue weighted by molar-refractivity contribution is 5.79. The molecular formula is C13H20N2O2. The molecule has 0 aromatic heterocycles. The Hall–Kier alpha value is -1.55. The number of nitrogens with two attached hydrogens (primary N) is 1. The lowest BCUT2D eigenvalue weighted by molar-refractivity contribution is -0.121. The van der Waals surface area contributed by atoms with Gasteiger partial charge in [-0.25, -0.2) is 0 Å². The second-order valence-electron chi connectivity index (χ2n) is 4.52. The van der Waals surface area contributed by atoms with E-state index in [1.54, 1.807) is 12.1 Å². The van der Waals surface area contributed by atoms with E-state index in [1.165, 1.54) is 0 Å². The summed E-state index contributed by atoms with van der Waals surface area (Å²) in [6.07, 6.45) is 0.309. The summed E-state index contributed by atoms with van der Waals surface area (Å²) < 4.78 is 0. The van der Waals surface area contributed by atoms with Crippen LogP contribution in [0.2, 0.25) is 0 Å². The predicted molar refractivity (Wildman–Crippen MR) is 68.4 cm³/mol. The van der Waals surface area contributed by atoms with Crippen molar-refractivity contribution >= 4 is 11.6 Å². The molecule has 0 bridgehead atoms. The monoisotopic (exact) mass is 236 g/mol. The molecule has 0 fully saturated rings. The van der Waals surface area contributed by atoms with Crippen LogP contribution >= 0.6 is 0 Å². The summed E-state index contributed by atoms with van der Waals surface area (Å²) in [5.41, 5.74) is 7.16. The topological polar surface area (TPSA) is 75.3 Å². The Morgan fingerprint density at radius 2 is 1.94 bits per heavy atom. The number of carbonyl (C=O) groups is 1. The molecule has 0 heterocycles. The third-order valence-electron chi connectivity index (χ3n) is 2.69. The summed E-state index contributed by atoms with van der Waals surface area (Å²) in [7, 11) is 0. The van der Waals surface area contributed by atoms with Crippen LogP contribution in [-0.2, 0) is 11.2 Å². The van der Waals surface area contributed by atoms with Crippen molar-refractivity contribution in [2.75, 3.05) is 12.3 Å². The van der Waals surface area contributed by atoms with E-state index in [1.807, 2.05) is 26.0 Å². The van der Waals surface area contributed by atoms with Crippen molar-refractivity contribution in [2.24, 2.45) is 5.92 Å². The third-order valence-corrected chi connectivity index (χ3v) is 2.69. The average molecular weight is 236 g/mol. The minimum atomic E-state index is -0.184. The van der Waals surface area contributed by atoms with E-state index in [4.69, 9.17) is 10.8 Å². The van der Waals surface area contributed by atoms with Gasteiger partial charge in [0, 0.05) is 5.69 Å². The Morgan fingerprint density at radius 1 is 1.35 bits per heavy atom.